The number of halogens is 1. The zero-order valence-electron chi connectivity index (χ0n) is 16.4. The summed E-state index contributed by atoms with van der Waals surface area (Å²) in [6, 6.07) is 10.8. The number of nitrogens with one attached hydrogen (secondary N) is 2. The number of sulfonamides is 1. The monoisotopic (exact) mass is 440 g/mol. The number of hydrogen-bond acceptors (Lipinski definition) is 5. The Kier molecular flexibility index (Phi) is 8.75. The van der Waals surface area contributed by atoms with Crippen LogP contribution < -0.4 is 14.8 Å². The molecule has 0 fully saturated rings. The standard InChI is InChI=1S/C20H25ClN2O5S/c1-3-27-12-4-11-22-20(24)14-28-17-7-9-18(10-8-17)29(25,26)23-16-6-5-15(2)19(21)13-16/h5-10,13,23H,3-4,11-12,14H2,1-2H3,(H,22,24). The molecular weight excluding hydrogens is 416 g/mol. The summed E-state index contributed by atoms with van der Waals surface area (Å²) in [6.07, 6.45) is 0.728. The molecule has 158 valence electrons. The van der Waals surface area contributed by atoms with Crippen molar-refractivity contribution in [3.05, 3.63) is 53.1 Å². The van der Waals surface area contributed by atoms with E-state index in [1.165, 1.54) is 24.3 Å². The maximum Gasteiger partial charge on any atom is 0.261 e. The first-order valence-electron chi connectivity index (χ1n) is 9.18. The van der Waals surface area contributed by atoms with Gasteiger partial charge in [0, 0.05) is 24.8 Å². The number of carbonyl (C=O) groups excluding carboxylic acids is 1. The van der Waals surface area contributed by atoms with Gasteiger partial charge < -0.3 is 14.8 Å². The summed E-state index contributed by atoms with van der Waals surface area (Å²) in [4.78, 5) is 11.8. The fraction of sp³-hybridized carbons (Fsp3) is 0.350. The summed E-state index contributed by atoms with van der Waals surface area (Å²) in [5.41, 5.74) is 1.23. The quantitative estimate of drug-likeness (QED) is 0.522. The maximum atomic E-state index is 12.5. The molecule has 29 heavy (non-hydrogen) atoms. The molecule has 2 N–H and O–H groups in total. The van der Waals surface area contributed by atoms with Gasteiger partial charge in [0.15, 0.2) is 6.61 Å². The fourth-order valence-electron chi connectivity index (χ4n) is 2.33. The summed E-state index contributed by atoms with van der Waals surface area (Å²) < 4.78 is 38.1. The van der Waals surface area contributed by atoms with Crippen LogP contribution in [0.4, 0.5) is 5.69 Å². The Balaban J connectivity index is 1.87. The van der Waals surface area contributed by atoms with Gasteiger partial charge in [0.2, 0.25) is 0 Å². The summed E-state index contributed by atoms with van der Waals surface area (Å²) >= 11 is 6.03. The van der Waals surface area contributed by atoms with Crippen molar-refractivity contribution in [2.75, 3.05) is 31.1 Å². The van der Waals surface area contributed by atoms with Crippen LogP contribution in [0.15, 0.2) is 47.4 Å². The minimum absolute atomic E-state index is 0.0712. The van der Waals surface area contributed by atoms with E-state index in [4.69, 9.17) is 21.1 Å². The molecule has 2 aromatic rings. The van der Waals surface area contributed by atoms with Crippen LogP contribution in [0.25, 0.3) is 0 Å². The largest absolute Gasteiger partial charge is 0.484 e. The lowest BCUT2D eigenvalue weighted by Gasteiger charge is -2.11. The van der Waals surface area contributed by atoms with Gasteiger partial charge in [-0.25, -0.2) is 8.42 Å². The molecule has 7 nitrogen and oxygen atoms in total. The minimum Gasteiger partial charge on any atom is -0.484 e. The predicted molar refractivity (Wildman–Crippen MR) is 113 cm³/mol. The van der Waals surface area contributed by atoms with Gasteiger partial charge in [-0.05, 0) is 62.2 Å². The molecule has 0 heterocycles. The van der Waals surface area contributed by atoms with Crippen LogP contribution in [0.5, 0.6) is 5.75 Å². The van der Waals surface area contributed by atoms with E-state index in [1.54, 1.807) is 18.2 Å². The SMILES string of the molecule is CCOCCCNC(=O)COc1ccc(S(=O)(=O)Nc2ccc(C)c(Cl)c2)cc1. The first-order valence-corrected chi connectivity index (χ1v) is 11.0. The Morgan fingerprint density at radius 1 is 1.14 bits per heavy atom. The summed E-state index contributed by atoms with van der Waals surface area (Å²) in [6.45, 7) is 5.35. The summed E-state index contributed by atoms with van der Waals surface area (Å²) in [7, 11) is -3.77. The highest BCUT2D eigenvalue weighted by Crippen LogP contribution is 2.23. The fourth-order valence-corrected chi connectivity index (χ4v) is 3.56. The molecule has 0 unspecified atom stereocenters. The molecule has 0 aromatic heterocycles. The van der Waals surface area contributed by atoms with E-state index in [1.807, 2.05) is 13.8 Å². The lowest BCUT2D eigenvalue weighted by molar-refractivity contribution is -0.123. The average molecular weight is 441 g/mol. The third-order valence-corrected chi connectivity index (χ3v) is 5.72. The second kappa shape index (κ2) is 11.0. The van der Waals surface area contributed by atoms with Gasteiger partial charge in [0.05, 0.1) is 10.6 Å². The Morgan fingerprint density at radius 3 is 2.52 bits per heavy atom. The first kappa shape index (κ1) is 23.0. The third-order valence-electron chi connectivity index (χ3n) is 3.92. The van der Waals surface area contributed by atoms with Crippen molar-refractivity contribution in [3.8, 4) is 5.75 Å². The van der Waals surface area contributed by atoms with Crippen LogP contribution in [0.2, 0.25) is 5.02 Å². The predicted octanol–water partition coefficient (Wildman–Crippen LogP) is 3.37. The number of hydrogen-bond donors (Lipinski definition) is 2. The number of benzene rings is 2. The van der Waals surface area contributed by atoms with Crippen molar-refractivity contribution in [2.45, 2.75) is 25.2 Å². The highest BCUT2D eigenvalue weighted by molar-refractivity contribution is 7.92. The lowest BCUT2D eigenvalue weighted by Crippen LogP contribution is -2.30. The molecule has 1 amide bonds. The third kappa shape index (κ3) is 7.56. The molecular formula is C20H25ClN2O5S. The van der Waals surface area contributed by atoms with Crippen molar-refractivity contribution in [1.82, 2.24) is 5.32 Å². The van der Waals surface area contributed by atoms with Gasteiger partial charge in [-0.3, -0.25) is 9.52 Å². The lowest BCUT2D eigenvalue weighted by atomic mass is 10.2. The number of amides is 1. The van der Waals surface area contributed by atoms with Crippen molar-refractivity contribution in [1.29, 1.82) is 0 Å². The van der Waals surface area contributed by atoms with Crippen LogP contribution in [-0.2, 0) is 19.6 Å². The van der Waals surface area contributed by atoms with E-state index in [0.717, 1.165) is 12.0 Å². The minimum atomic E-state index is -3.77. The number of anilines is 1. The van der Waals surface area contributed by atoms with E-state index >= 15 is 0 Å². The van der Waals surface area contributed by atoms with Crippen LogP contribution in [0, 0.1) is 6.92 Å². The average Bonchev–Trinajstić information content (AvgIpc) is 2.69. The topological polar surface area (TPSA) is 93.7 Å². The smallest absolute Gasteiger partial charge is 0.261 e. The zero-order valence-corrected chi connectivity index (χ0v) is 18.0. The Hall–Kier alpha value is -2.29. The zero-order chi connectivity index (χ0) is 21.3. The van der Waals surface area contributed by atoms with Crippen molar-refractivity contribution >= 4 is 33.2 Å². The van der Waals surface area contributed by atoms with Gasteiger partial charge in [0.25, 0.3) is 15.9 Å². The summed E-state index contributed by atoms with van der Waals surface area (Å²) in [5, 5.41) is 3.20. The van der Waals surface area contributed by atoms with Crippen LogP contribution in [0.3, 0.4) is 0 Å². The second-order valence-electron chi connectivity index (χ2n) is 6.23. The Morgan fingerprint density at radius 2 is 1.86 bits per heavy atom. The van der Waals surface area contributed by atoms with Crippen LogP contribution in [-0.4, -0.2) is 40.7 Å². The van der Waals surface area contributed by atoms with E-state index in [9.17, 15) is 13.2 Å². The molecule has 2 aromatic carbocycles. The Bertz CT molecular complexity index is 917. The molecule has 0 atom stereocenters. The maximum absolute atomic E-state index is 12.5. The number of carbonyl (C=O) groups is 1. The van der Waals surface area contributed by atoms with Crippen LogP contribution >= 0.6 is 11.6 Å². The van der Waals surface area contributed by atoms with E-state index in [0.29, 0.717) is 36.2 Å². The van der Waals surface area contributed by atoms with E-state index in [2.05, 4.69) is 10.0 Å². The molecule has 0 radical (unpaired) electrons. The van der Waals surface area contributed by atoms with Gasteiger partial charge >= 0.3 is 0 Å². The second-order valence-corrected chi connectivity index (χ2v) is 8.32. The van der Waals surface area contributed by atoms with E-state index < -0.39 is 10.0 Å². The van der Waals surface area contributed by atoms with Crippen molar-refractivity contribution in [3.63, 3.8) is 0 Å². The number of ether oxygens (including phenoxy) is 2. The van der Waals surface area contributed by atoms with Crippen molar-refractivity contribution < 1.29 is 22.7 Å². The van der Waals surface area contributed by atoms with Crippen molar-refractivity contribution in [2.24, 2.45) is 0 Å². The Labute approximate surface area is 176 Å². The molecule has 0 spiro atoms. The molecule has 0 bridgehead atoms. The normalized spacial score (nSPS) is 11.1. The highest BCUT2D eigenvalue weighted by atomic mass is 35.5. The molecule has 0 aliphatic rings. The van der Waals surface area contributed by atoms with Gasteiger partial charge in [-0.1, -0.05) is 17.7 Å². The molecule has 0 saturated carbocycles. The van der Waals surface area contributed by atoms with Crippen LogP contribution in [0.1, 0.15) is 18.9 Å². The number of aryl methyl sites for hydroxylation is 1. The highest BCUT2D eigenvalue weighted by Gasteiger charge is 2.15. The number of rotatable bonds is 11. The summed E-state index contributed by atoms with van der Waals surface area (Å²) in [5.74, 6) is 0.142. The van der Waals surface area contributed by atoms with Gasteiger partial charge in [-0.2, -0.15) is 0 Å². The first-order chi connectivity index (χ1) is 13.8. The molecule has 2 rings (SSSR count). The molecule has 0 aliphatic heterocycles. The molecule has 0 saturated heterocycles. The van der Waals surface area contributed by atoms with Gasteiger partial charge in [-0.15, -0.1) is 0 Å². The molecule has 0 aliphatic carbocycles. The van der Waals surface area contributed by atoms with Gasteiger partial charge in [0.1, 0.15) is 5.75 Å². The molecule has 9 heteroatoms. The van der Waals surface area contributed by atoms with E-state index in [-0.39, 0.29) is 17.4 Å².